The zero-order valence-corrected chi connectivity index (χ0v) is 10.9. The molecule has 0 radical (unpaired) electrons. The molecule has 0 amide bonds. The van der Waals surface area contributed by atoms with Crippen LogP contribution in [0.3, 0.4) is 0 Å². The first-order chi connectivity index (χ1) is 7.30. The maximum Gasteiger partial charge on any atom is 0.314 e. The Labute approximate surface area is 105 Å². The third-order valence-electron chi connectivity index (χ3n) is 3.09. The Morgan fingerprint density at radius 3 is 2.31 bits per heavy atom. The predicted molar refractivity (Wildman–Crippen MR) is 66.3 cm³/mol. The van der Waals surface area contributed by atoms with Crippen LogP contribution < -0.4 is 0 Å². The normalized spacial score (nSPS) is 14.9. The molecule has 4 heteroatoms. The monoisotopic (exact) mass is 260 g/mol. The Kier molecular flexibility index (Phi) is 3.87. The molecule has 1 N–H and O–H groups in total. The van der Waals surface area contributed by atoms with Gasteiger partial charge in [-0.3, -0.25) is 4.79 Å². The summed E-state index contributed by atoms with van der Waals surface area (Å²) in [4.78, 5) is 11.4. The molecule has 0 aromatic heterocycles. The van der Waals surface area contributed by atoms with E-state index in [1.807, 2.05) is 13.8 Å². The van der Waals surface area contributed by atoms with E-state index >= 15 is 0 Å². The molecule has 16 heavy (non-hydrogen) atoms. The van der Waals surface area contributed by atoms with Gasteiger partial charge in [-0.15, -0.1) is 0 Å². The van der Waals surface area contributed by atoms with Crippen LogP contribution in [0.5, 0.6) is 0 Å². The fourth-order valence-corrected chi connectivity index (χ4v) is 2.19. The van der Waals surface area contributed by atoms with E-state index < -0.39 is 11.4 Å². The molecule has 0 aliphatic carbocycles. The van der Waals surface area contributed by atoms with Crippen LogP contribution in [-0.4, -0.2) is 11.1 Å². The Bertz CT molecular complexity index is 415. The minimum absolute atomic E-state index is 0.0660. The van der Waals surface area contributed by atoms with E-state index in [-0.39, 0.29) is 5.92 Å². The number of hydrogen-bond donors (Lipinski definition) is 1. The quantitative estimate of drug-likeness (QED) is 0.893. The topological polar surface area (TPSA) is 37.3 Å². The lowest BCUT2D eigenvalue weighted by Crippen LogP contribution is -2.38. The van der Waals surface area contributed by atoms with Crippen LogP contribution in [0.2, 0.25) is 10.0 Å². The van der Waals surface area contributed by atoms with Gasteiger partial charge in [0.15, 0.2) is 0 Å². The van der Waals surface area contributed by atoms with Crippen molar-refractivity contribution in [3.63, 3.8) is 0 Å². The summed E-state index contributed by atoms with van der Waals surface area (Å²) in [5.74, 6) is -0.949. The minimum atomic E-state index is -0.998. The van der Waals surface area contributed by atoms with Crippen molar-refractivity contribution >= 4 is 29.2 Å². The number of carboxylic acids is 1. The van der Waals surface area contributed by atoms with E-state index in [1.54, 1.807) is 25.1 Å². The second-order valence-corrected chi connectivity index (χ2v) is 5.13. The number of benzene rings is 1. The first-order valence-electron chi connectivity index (χ1n) is 4.99. The van der Waals surface area contributed by atoms with Gasteiger partial charge in [-0.05, 0) is 30.5 Å². The van der Waals surface area contributed by atoms with Gasteiger partial charge in [0.1, 0.15) is 0 Å². The largest absolute Gasteiger partial charge is 0.481 e. The highest BCUT2D eigenvalue weighted by Crippen LogP contribution is 2.37. The summed E-state index contributed by atoms with van der Waals surface area (Å²) in [6, 6.07) is 4.91. The van der Waals surface area contributed by atoms with Gasteiger partial charge in [0.2, 0.25) is 0 Å². The molecule has 0 saturated carbocycles. The molecule has 1 aromatic carbocycles. The van der Waals surface area contributed by atoms with E-state index in [4.69, 9.17) is 23.2 Å². The highest BCUT2D eigenvalue weighted by atomic mass is 35.5. The molecule has 0 aliphatic rings. The zero-order valence-electron chi connectivity index (χ0n) is 9.42. The molecule has 0 heterocycles. The number of aliphatic carboxylic acids is 1. The Morgan fingerprint density at radius 1 is 1.38 bits per heavy atom. The molecule has 1 rings (SSSR count). The maximum absolute atomic E-state index is 11.4. The number of hydrogen-bond acceptors (Lipinski definition) is 1. The summed E-state index contributed by atoms with van der Waals surface area (Å²) in [5.41, 5.74) is -0.400. The summed E-state index contributed by atoms with van der Waals surface area (Å²) in [5, 5.41) is 10.3. The van der Waals surface area contributed by atoms with Gasteiger partial charge in [0.05, 0.1) is 5.41 Å². The number of rotatable bonds is 3. The molecular formula is C12H14Cl2O2. The van der Waals surface area contributed by atoms with Crippen molar-refractivity contribution in [2.75, 3.05) is 0 Å². The molecular weight excluding hydrogens is 247 g/mol. The van der Waals surface area contributed by atoms with E-state index in [2.05, 4.69) is 0 Å². The number of halogens is 2. The number of carbonyl (C=O) groups is 1. The van der Waals surface area contributed by atoms with Crippen molar-refractivity contribution in [2.24, 2.45) is 5.92 Å². The SMILES string of the molecule is CC(C)C(C)(C(=O)O)c1ccc(Cl)cc1Cl. The van der Waals surface area contributed by atoms with Crippen molar-refractivity contribution < 1.29 is 9.90 Å². The van der Waals surface area contributed by atoms with Gasteiger partial charge in [0, 0.05) is 10.0 Å². The van der Waals surface area contributed by atoms with Crippen molar-refractivity contribution in [3.8, 4) is 0 Å². The van der Waals surface area contributed by atoms with Gasteiger partial charge in [0.25, 0.3) is 0 Å². The molecule has 1 atom stereocenters. The average Bonchev–Trinajstić information content (AvgIpc) is 2.15. The molecule has 1 aromatic rings. The lowest BCUT2D eigenvalue weighted by atomic mass is 9.73. The zero-order chi connectivity index (χ0) is 12.5. The molecule has 0 aliphatic heterocycles. The van der Waals surface area contributed by atoms with Gasteiger partial charge in [-0.1, -0.05) is 43.1 Å². The summed E-state index contributed by atoms with van der Waals surface area (Å²) >= 11 is 11.8. The molecule has 0 spiro atoms. The second-order valence-electron chi connectivity index (χ2n) is 4.29. The summed E-state index contributed by atoms with van der Waals surface area (Å²) in [6.07, 6.45) is 0. The van der Waals surface area contributed by atoms with Crippen molar-refractivity contribution in [1.82, 2.24) is 0 Å². The molecule has 88 valence electrons. The maximum atomic E-state index is 11.4. The lowest BCUT2D eigenvalue weighted by molar-refractivity contribution is -0.145. The van der Waals surface area contributed by atoms with Gasteiger partial charge >= 0.3 is 5.97 Å². The van der Waals surface area contributed by atoms with Crippen LogP contribution in [-0.2, 0) is 10.2 Å². The Morgan fingerprint density at radius 2 is 1.94 bits per heavy atom. The van der Waals surface area contributed by atoms with Crippen LogP contribution in [0.1, 0.15) is 26.3 Å². The van der Waals surface area contributed by atoms with E-state index in [0.717, 1.165) is 0 Å². The minimum Gasteiger partial charge on any atom is -0.481 e. The molecule has 0 bridgehead atoms. The second kappa shape index (κ2) is 4.64. The number of carboxylic acid groups (broad SMARTS) is 1. The molecule has 0 fully saturated rings. The fraction of sp³-hybridized carbons (Fsp3) is 0.417. The van der Waals surface area contributed by atoms with Gasteiger partial charge in [-0.2, -0.15) is 0 Å². The summed E-state index contributed by atoms with van der Waals surface area (Å²) in [6.45, 7) is 5.40. The van der Waals surface area contributed by atoms with Crippen LogP contribution >= 0.6 is 23.2 Å². The summed E-state index contributed by atoms with van der Waals surface area (Å²) < 4.78 is 0. The fourth-order valence-electron chi connectivity index (χ4n) is 1.58. The molecule has 1 unspecified atom stereocenters. The van der Waals surface area contributed by atoms with Crippen LogP contribution in [0.25, 0.3) is 0 Å². The van der Waals surface area contributed by atoms with Crippen molar-refractivity contribution in [1.29, 1.82) is 0 Å². The summed E-state index contributed by atoms with van der Waals surface area (Å²) in [7, 11) is 0. The highest BCUT2D eigenvalue weighted by Gasteiger charge is 2.39. The lowest BCUT2D eigenvalue weighted by Gasteiger charge is -2.30. The van der Waals surface area contributed by atoms with Gasteiger partial charge in [-0.25, -0.2) is 0 Å². The van der Waals surface area contributed by atoms with Crippen LogP contribution in [0, 0.1) is 5.92 Å². The molecule has 0 saturated heterocycles. The third kappa shape index (κ3) is 2.18. The van der Waals surface area contributed by atoms with E-state index in [0.29, 0.717) is 15.6 Å². The van der Waals surface area contributed by atoms with Crippen LogP contribution in [0.15, 0.2) is 18.2 Å². The standard InChI is InChI=1S/C12H14Cl2O2/c1-7(2)12(3,11(15)16)9-5-4-8(13)6-10(9)14/h4-7H,1-3H3,(H,15,16). The van der Waals surface area contributed by atoms with Crippen molar-refractivity contribution in [2.45, 2.75) is 26.2 Å². The smallest absolute Gasteiger partial charge is 0.314 e. The average molecular weight is 261 g/mol. The van der Waals surface area contributed by atoms with Crippen molar-refractivity contribution in [3.05, 3.63) is 33.8 Å². The third-order valence-corrected chi connectivity index (χ3v) is 3.64. The van der Waals surface area contributed by atoms with E-state index in [1.165, 1.54) is 0 Å². The molecule has 2 nitrogen and oxygen atoms in total. The Hall–Kier alpha value is -0.730. The Balaban J connectivity index is 3.38. The predicted octanol–water partition coefficient (Wildman–Crippen LogP) is 3.99. The first-order valence-corrected chi connectivity index (χ1v) is 5.74. The van der Waals surface area contributed by atoms with E-state index in [9.17, 15) is 9.90 Å². The first kappa shape index (κ1) is 13.3. The van der Waals surface area contributed by atoms with Crippen LogP contribution in [0.4, 0.5) is 0 Å². The van der Waals surface area contributed by atoms with Gasteiger partial charge < -0.3 is 5.11 Å². The highest BCUT2D eigenvalue weighted by molar-refractivity contribution is 6.35.